The number of ether oxygens (including phenoxy) is 3. The van der Waals surface area contributed by atoms with Crippen LogP contribution in [0.25, 0.3) is 33.3 Å². The van der Waals surface area contributed by atoms with Crippen LogP contribution in [0.4, 0.5) is 0 Å². The van der Waals surface area contributed by atoms with E-state index in [1.165, 1.54) is 25.3 Å². The number of benzene rings is 1. The second-order valence-corrected chi connectivity index (χ2v) is 12.3. The van der Waals surface area contributed by atoms with Crippen LogP contribution in [0.15, 0.2) is 59.8 Å². The molecule has 0 radical (unpaired) electrons. The van der Waals surface area contributed by atoms with E-state index in [-0.39, 0.29) is 23.0 Å². The summed E-state index contributed by atoms with van der Waals surface area (Å²) in [5.74, 6) is 0.308. The van der Waals surface area contributed by atoms with Gasteiger partial charge in [-0.25, -0.2) is 22.4 Å². The molecule has 0 aliphatic heterocycles. The third-order valence-electron chi connectivity index (χ3n) is 7.31. The summed E-state index contributed by atoms with van der Waals surface area (Å²) in [5, 5.41) is 3.82. The van der Waals surface area contributed by atoms with Gasteiger partial charge in [0.25, 0.3) is 15.9 Å². The number of nitrogens with one attached hydrogen (secondary N) is 1. The highest BCUT2D eigenvalue weighted by molar-refractivity contribution is 7.90. The molecule has 0 saturated carbocycles. The molecular weight excluding hydrogens is 558 g/mol. The van der Waals surface area contributed by atoms with E-state index < -0.39 is 21.5 Å². The first-order chi connectivity index (χ1) is 19.9. The molecular formula is C30H33N5O6S. The summed E-state index contributed by atoms with van der Waals surface area (Å²) in [6, 6.07) is 12.1. The molecule has 5 rings (SSSR count). The van der Waals surface area contributed by atoms with E-state index in [1.807, 2.05) is 24.7 Å². The predicted molar refractivity (Wildman–Crippen MR) is 159 cm³/mol. The zero-order valence-corrected chi connectivity index (χ0v) is 25.4. The summed E-state index contributed by atoms with van der Waals surface area (Å²) in [6.45, 7) is 5.60. The number of carbonyl (C=O) groups excluding carboxylic acids is 1. The summed E-state index contributed by atoms with van der Waals surface area (Å²) in [5.41, 5.74) is 3.16. The van der Waals surface area contributed by atoms with Gasteiger partial charge in [-0.2, -0.15) is 0 Å². The quantitative estimate of drug-likeness (QED) is 0.251. The highest BCUT2D eigenvalue weighted by Crippen LogP contribution is 2.39. The molecule has 4 heterocycles. The van der Waals surface area contributed by atoms with Crippen LogP contribution in [-0.2, 0) is 33.1 Å². The van der Waals surface area contributed by atoms with Crippen molar-refractivity contribution >= 4 is 38.1 Å². The molecule has 0 aliphatic rings. The monoisotopic (exact) mass is 591 g/mol. The zero-order valence-electron chi connectivity index (χ0n) is 24.5. The fourth-order valence-corrected chi connectivity index (χ4v) is 6.39. The SMILES string of the molecule is COC(=O)C(C)(C)NCc1ccnc2c1cc(-c1cn(C)c3cc(OC)c(OC)nc13)n2S(=O)(=O)c1ccc(C)cc1. The average Bonchev–Trinajstić information content (AvgIpc) is 3.53. The number of aromatic nitrogens is 4. The molecule has 42 heavy (non-hydrogen) atoms. The minimum absolute atomic E-state index is 0.122. The third-order valence-corrected chi connectivity index (χ3v) is 9.03. The number of methoxy groups -OCH3 is 3. The number of carbonyl (C=O) groups is 1. The largest absolute Gasteiger partial charge is 0.491 e. The molecule has 0 aliphatic carbocycles. The number of rotatable bonds is 9. The first-order valence-corrected chi connectivity index (χ1v) is 14.6. The Hall–Kier alpha value is -4.42. The van der Waals surface area contributed by atoms with E-state index in [9.17, 15) is 13.2 Å². The lowest BCUT2D eigenvalue weighted by Crippen LogP contribution is -2.46. The molecule has 5 aromatic rings. The van der Waals surface area contributed by atoms with Gasteiger partial charge in [-0.05, 0) is 50.6 Å². The number of hydrogen-bond acceptors (Lipinski definition) is 9. The summed E-state index contributed by atoms with van der Waals surface area (Å²) in [7, 11) is 2.10. The minimum Gasteiger partial charge on any atom is -0.491 e. The summed E-state index contributed by atoms with van der Waals surface area (Å²) in [6.07, 6.45) is 3.38. The number of nitrogens with zero attached hydrogens (tertiary/aromatic N) is 4. The third kappa shape index (κ3) is 4.86. The first kappa shape index (κ1) is 29.1. The van der Waals surface area contributed by atoms with Gasteiger partial charge >= 0.3 is 5.97 Å². The van der Waals surface area contributed by atoms with Crippen LogP contribution in [0, 0.1) is 6.92 Å². The molecule has 0 saturated heterocycles. The van der Waals surface area contributed by atoms with Gasteiger partial charge in [0.2, 0.25) is 0 Å². The van der Waals surface area contributed by atoms with Crippen LogP contribution in [-0.4, -0.2) is 59.8 Å². The van der Waals surface area contributed by atoms with Crippen molar-refractivity contribution in [3.8, 4) is 22.9 Å². The van der Waals surface area contributed by atoms with E-state index in [0.717, 1.165) is 16.6 Å². The number of pyridine rings is 2. The van der Waals surface area contributed by atoms with Crippen molar-refractivity contribution in [2.24, 2.45) is 7.05 Å². The van der Waals surface area contributed by atoms with Gasteiger partial charge in [0.15, 0.2) is 11.4 Å². The van der Waals surface area contributed by atoms with Gasteiger partial charge in [0.05, 0.1) is 37.4 Å². The van der Waals surface area contributed by atoms with Crippen LogP contribution in [0.2, 0.25) is 0 Å². The van der Waals surface area contributed by atoms with Crippen LogP contribution in [0.5, 0.6) is 11.6 Å². The van der Waals surface area contributed by atoms with E-state index in [2.05, 4.69) is 10.3 Å². The standard InChI is InChI=1S/C30H33N5O6S/c1-18-8-10-20(11-9-18)42(37,38)35-23(22-17-34(4)24-15-25(39-5)28(40-6)33-26(22)24)14-21-19(12-13-31-27(21)35)16-32-30(2,3)29(36)41-7/h8-15,17,32H,16H2,1-7H3. The van der Waals surface area contributed by atoms with Gasteiger partial charge in [0.1, 0.15) is 11.1 Å². The van der Waals surface area contributed by atoms with Crippen molar-refractivity contribution in [2.45, 2.75) is 37.8 Å². The highest BCUT2D eigenvalue weighted by atomic mass is 32.2. The number of fused-ring (bicyclic) bond motifs is 2. The van der Waals surface area contributed by atoms with Crippen molar-refractivity contribution < 1.29 is 27.4 Å². The van der Waals surface area contributed by atoms with Crippen molar-refractivity contribution in [3.63, 3.8) is 0 Å². The lowest BCUT2D eigenvalue weighted by atomic mass is 10.0. The van der Waals surface area contributed by atoms with Crippen molar-refractivity contribution in [1.29, 1.82) is 0 Å². The lowest BCUT2D eigenvalue weighted by molar-refractivity contribution is -0.147. The van der Waals surface area contributed by atoms with Gasteiger partial charge in [-0.1, -0.05) is 17.7 Å². The van der Waals surface area contributed by atoms with Gasteiger partial charge in [0, 0.05) is 43.0 Å². The first-order valence-electron chi connectivity index (χ1n) is 13.2. The zero-order chi connectivity index (χ0) is 30.4. The maximum atomic E-state index is 14.3. The lowest BCUT2D eigenvalue weighted by Gasteiger charge is -2.23. The second-order valence-electron chi connectivity index (χ2n) is 10.5. The maximum absolute atomic E-state index is 14.3. The maximum Gasteiger partial charge on any atom is 0.325 e. The fourth-order valence-electron chi connectivity index (χ4n) is 4.91. The molecule has 0 bridgehead atoms. The molecule has 0 fully saturated rings. The molecule has 0 atom stereocenters. The topological polar surface area (TPSA) is 127 Å². The number of esters is 1. The van der Waals surface area contributed by atoms with E-state index >= 15 is 0 Å². The molecule has 0 spiro atoms. The Bertz CT molecular complexity index is 1920. The Morgan fingerprint density at radius 2 is 1.76 bits per heavy atom. The van der Waals surface area contributed by atoms with Gasteiger partial charge in [-0.15, -0.1) is 0 Å². The second kappa shape index (κ2) is 10.8. The Morgan fingerprint density at radius 1 is 1.05 bits per heavy atom. The predicted octanol–water partition coefficient (Wildman–Crippen LogP) is 4.19. The Kier molecular flexibility index (Phi) is 7.46. The molecule has 1 N–H and O–H groups in total. The van der Waals surface area contributed by atoms with Gasteiger partial charge in [-0.3, -0.25) is 10.1 Å². The Balaban J connectivity index is 1.79. The smallest absolute Gasteiger partial charge is 0.325 e. The normalized spacial score (nSPS) is 12.2. The van der Waals surface area contributed by atoms with Crippen LogP contribution < -0.4 is 14.8 Å². The number of hydrogen-bond donors (Lipinski definition) is 1. The number of aryl methyl sites for hydroxylation is 2. The molecule has 11 nitrogen and oxygen atoms in total. The van der Waals surface area contributed by atoms with E-state index in [0.29, 0.717) is 27.9 Å². The van der Waals surface area contributed by atoms with E-state index in [4.69, 9.17) is 19.2 Å². The van der Waals surface area contributed by atoms with Crippen LogP contribution in [0.3, 0.4) is 0 Å². The van der Waals surface area contributed by atoms with Crippen LogP contribution >= 0.6 is 0 Å². The highest BCUT2D eigenvalue weighted by Gasteiger charge is 2.30. The molecule has 4 aromatic heterocycles. The summed E-state index contributed by atoms with van der Waals surface area (Å²) >= 11 is 0. The fraction of sp³-hybridized carbons (Fsp3) is 0.300. The summed E-state index contributed by atoms with van der Waals surface area (Å²) < 4.78 is 47.6. The van der Waals surface area contributed by atoms with E-state index in [1.54, 1.807) is 62.5 Å². The molecule has 0 amide bonds. The van der Waals surface area contributed by atoms with Gasteiger partial charge < -0.3 is 18.8 Å². The molecule has 12 heteroatoms. The average molecular weight is 592 g/mol. The van der Waals surface area contributed by atoms with Crippen molar-refractivity contribution in [3.05, 3.63) is 66.0 Å². The molecule has 1 aromatic carbocycles. The van der Waals surface area contributed by atoms with Crippen LogP contribution in [0.1, 0.15) is 25.0 Å². The van der Waals surface area contributed by atoms with Crippen molar-refractivity contribution in [1.82, 2.24) is 23.8 Å². The Morgan fingerprint density at radius 3 is 2.40 bits per heavy atom. The Labute approximate surface area is 244 Å². The minimum atomic E-state index is -4.12. The summed E-state index contributed by atoms with van der Waals surface area (Å²) in [4.78, 5) is 21.6. The molecule has 220 valence electrons. The molecule has 0 unspecified atom stereocenters. The van der Waals surface area contributed by atoms with Crippen molar-refractivity contribution in [2.75, 3.05) is 21.3 Å².